The minimum Gasteiger partial charge on any atom is -0.445 e. The number of benzene rings is 1. The number of alkyl carbamates (subject to hydrolysis) is 1. The topological polar surface area (TPSA) is 93.4 Å². The molecule has 6 nitrogen and oxygen atoms in total. The Bertz CT molecular complexity index is 676. The van der Waals surface area contributed by atoms with Crippen LogP contribution in [0.3, 0.4) is 0 Å². The quantitative estimate of drug-likeness (QED) is 0.544. The Kier molecular flexibility index (Phi) is 9.92. The Balaban J connectivity index is 2.73. The fourth-order valence-corrected chi connectivity index (χ4v) is 2.12. The van der Waals surface area contributed by atoms with Gasteiger partial charge >= 0.3 is 6.09 Å². The van der Waals surface area contributed by atoms with Crippen LogP contribution in [0.15, 0.2) is 66.9 Å². The molecule has 1 rings (SSSR count). The van der Waals surface area contributed by atoms with Crippen LogP contribution in [0, 0.1) is 0 Å². The van der Waals surface area contributed by atoms with Crippen molar-refractivity contribution in [3.8, 4) is 0 Å². The van der Waals surface area contributed by atoms with Gasteiger partial charge in [0.05, 0.1) is 6.54 Å². The first-order valence-electron chi connectivity index (χ1n) is 8.19. The molecule has 0 spiro atoms. The van der Waals surface area contributed by atoms with E-state index in [9.17, 15) is 18.4 Å². The van der Waals surface area contributed by atoms with E-state index in [0.29, 0.717) is 5.57 Å². The predicted molar refractivity (Wildman–Crippen MR) is 99.0 cm³/mol. The van der Waals surface area contributed by atoms with Crippen molar-refractivity contribution >= 4 is 12.0 Å². The zero-order valence-corrected chi connectivity index (χ0v) is 14.7. The summed E-state index contributed by atoms with van der Waals surface area (Å²) in [5.41, 5.74) is 6.65. The van der Waals surface area contributed by atoms with Crippen LogP contribution in [0.25, 0.3) is 0 Å². The first kappa shape index (κ1) is 21.9. The smallest absolute Gasteiger partial charge is 0.408 e. The molecule has 0 radical (unpaired) electrons. The van der Waals surface area contributed by atoms with E-state index < -0.39 is 31.0 Å². The Hall–Kier alpha value is -3.16. The average molecular weight is 379 g/mol. The molecule has 27 heavy (non-hydrogen) atoms. The average Bonchev–Trinajstić information content (AvgIpc) is 2.65. The van der Waals surface area contributed by atoms with Crippen LogP contribution < -0.4 is 16.4 Å². The van der Waals surface area contributed by atoms with Gasteiger partial charge in [0.15, 0.2) is 0 Å². The highest BCUT2D eigenvalue weighted by atomic mass is 19.3. The molecule has 0 saturated carbocycles. The summed E-state index contributed by atoms with van der Waals surface area (Å²) in [5.74, 6) is -0.722. The number of nitrogens with two attached hydrogens (primary N) is 1. The first-order chi connectivity index (χ1) is 13.0. The fraction of sp³-hybridized carbons (Fsp3) is 0.263. The van der Waals surface area contributed by atoms with E-state index in [4.69, 9.17) is 10.5 Å². The van der Waals surface area contributed by atoms with Crippen LogP contribution in [-0.2, 0) is 16.0 Å². The molecule has 0 saturated heterocycles. The van der Waals surface area contributed by atoms with E-state index >= 15 is 0 Å². The third-order valence-corrected chi connectivity index (χ3v) is 3.33. The van der Waals surface area contributed by atoms with Gasteiger partial charge in [0, 0.05) is 6.42 Å². The number of carbonyl (C=O) groups is 2. The number of alkyl halides is 2. The summed E-state index contributed by atoms with van der Waals surface area (Å²) in [7, 11) is 0. The van der Waals surface area contributed by atoms with Crippen LogP contribution in [-0.4, -0.2) is 37.6 Å². The molecule has 0 aliphatic heterocycles. The maximum atomic E-state index is 12.3. The van der Waals surface area contributed by atoms with Gasteiger partial charge < -0.3 is 21.1 Å². The standard InChI is InChI=1S/C19H23F2N3O3/c1-2-6-15(9-10-22)13-27-19(26)24-16(18(25)23-12-17(20)21)11-14-7-4-3-5-8-14/h2-10,16-17H,1,11-13,22H2,(H,23,25)(H,24,26)/b10-9-,15-6+/t16-/m0/s1. The van der Waals surface area contributed by atoms with Gasteiger partial charge in [0.25, 0.3) is 6.43 Å². The first-order valence-corrected chi connectivity index (χ1v) is 8.19. The number of ether oxygens (including phenoxy) is 1. The number of rotatable bonds is 10. The normalized spacial score (nSPS) is 12.6. The lowest BCUT2D eigenvalue weighted by molar-refractivity contribution is -0.123. The molecule has 1 atom stereocenters. The van der Waals surface area contributed by atoms with Gasteiger partial charge in [-0.3, -0.25) is 4.79 Å². The summed E-state index contributed by atoms with van der Waals surface area (Å²) >= 11 is 0. The molecule has 146 valence electrons. The summed E-state index contributed by atoms with van der Waals surface area (Å²) < 4.78 is 29.7. The number of carbonyl (C=O) groups excluding carboxylic acids is 2. The third kappa shape index (κ3) is 9.20. The second kappa shape index (κ2) is 12.2. The number of amides is 2. The van der Waals surface area contributed by atoms with Crippen LogP contribution >= 0.6 is 0 Å². The van der Waals surface area contributed by atoms with E-state index in [2.05, 4.69) is 17.2 Å². The van der Waals surface area contributed by atoms with Crippen LogP contribution in [0.5, 0.6) is 0 Å². The number of nitrogens with one attached hydrogen (secondary N) is 2. The summed E-state index contributed by atoms with van der Waals surface area (Å²) in [6.07, 6.45) is 2.51. The van der Waals surface area contributed by atoms with Crippen molar-refractivity contribution in [1.82, 2.24) is 10.6 Å². The van der Waals surface area contributed by atoms with Gasteiger partial charge in [0.2, 0.25) is 5.91 Å². The van der Waals surface area contributed by atoms with E-state index in [0.717, 1.165) is 5.56 Å². The van der Waals surface area contributed by atoms with E-state index in [1.54, 1.807) is 36.4 Å². The van der Waals surface area contributed by atoms with Crippen molar-refractivity contribution in [2.45, 2.75) is 18.9 Å². The largest absolute Gasteiger partial charge is 0.445 e. The Morgan fingerprint density at radius 2 is 1.96 bits per heavy atom. The summed E-state index contributed by atoms with van der Waals surface area (Å²) in [5, 5.41) is 4.50. The van der Waals surface area contributed by atoms with E-state index in [1.807, 2.05) is 0 Å². The fourth-order valence-electron chi connectivity index (χ4n) is 2.12. The van der Waals surface area contributed by atoms with Gasteiger partial charge in [-0.1, -0.05) is 49.1 Å². The highest BCUT2D eigenvalue weighted by Crippen LogP contribution is 2.05. The Morgan fingerprint density at radius 3 is 2.56 bits per heavy atom. The lowest BCUT2D eigenvalue weighted by Crippen LogP contribution is -2.49. The number of halogens is 2. The molecule has 1 aromatic carbocycles. The summed E-state index contributed by atoms with van der Waals surface area (Å²) in [4.78, 5) is 24.2. The van der Waals surface area contributed by atoms with Gasteiger partial charge in [-0.25, -0.2) is 13.6 Å². The van der Waals surface area contributed by atoms with Gasteiger partial charge in [-0.15, -0.1) is 0 Å². The molecule has 0 fully saturated rings. The molecule has 8 heteroatoms. The molecule has 2 amide bonds. The predicted octanol–water partition coefficient (Wildman–Crippen LogP) is 2.29. The highest BCUT2D eigenvalue weighted by molar-refractivity contribution is 5.86. The van der Waals surface area contributed by atoms with Crippen molar-refractivity contribution in [2.75, 3.05) is 13.2 Å². The van der Waals surface area contributed by atoms with Crippen molar-refractivity contribution in [3.05, 3.63) is 72.5 Å². The Morgan fingerprint density at radius 1 is 1.26 bits per heavy atom. The highest BCUT2D eigenvalue weighted by Gasteiger charge is 2.22. The molecule has 1 aromatic rings. The molecule has 0 heterocycles. The molecule has 4 N–H and O–H groups in total. The SMILES string of the molecule is C=C/C=C(\C=C/N)COC(=O)N[C@@H](Cc1ccccc1)C(=O)NCC(F)F. The summed E-state index contributed by atoms with van der Waals surface area (Å²) in [6, 6.07) is 7.81. The van der Waals surface area contributed by atoms with Gasteiger partial charge in [0.1, 0.15) is 12.6 Å². The lowest BCUT2D eigenvalue weighted by atomic mass is 10.1. The van der Waals surface area contributed by atoms with Gasteiger partial charge in [-0.05, 0) is 23.4 Å². The lowest BCUT2D eigenvalue weighted by Gasteiger charge is -2.18. The maximum absolute atomic E-state index is 12.3. The zero-order chi connectivity index (χ0) is 20.1. The molecule has 0 aliphatic carbocycles. The van der Waals surface area contributed by atoms with E-state index in [1.165, 1.54) is 18.4 Å². The second-order valence-corrected chi connectivity index (χ2v) is 5.44. The van der Waals surface area contributed by atoms with Crippen molar-refractivity contribution in [3.63, 3.8) is 0 Å². The van der Waals surface area contributed by atoms with Crippen molar-refractivity contribution < 1.29 is 23.1 Å². The van der Waals surface area contributed by atoms with Crippen LogP contribution in [0.1, 0.15) is 5.56 Å². The van der Waals surface area contributed by atoms with E-state index in [-0.39, 0.29) is 13.0 Å². The number of hydrogen-bond acceptors (Lipinski definition) is 4. The second-order valence-electron chi connectivity index (χ2n) is 5.44. The van der Waals surface area contributed by atoms with Crippen LogP contribution in [0.4, 0.5) is 13.6 Å². The van der Waals surface area contributed by atoms with Crippen LogP contribution in [0.2, 0.25) is 0 Å². The maximum Gasteiger partial charge on any atom is 0.408 e. The molecule has 0 aromatic heterocycles. The molecule has 0 unspecified atom stereocenters. The van der Waals surface area contributed by atoms with Crippen molar-refractivity contribution in [1.29, 1.82) is 0 Å². The molecular weight excluding hydrogens is 356 g/mol. The number of hydrogen-bond donors (Lipinski definition) is 3. The zero-order valence-electron chi connectivity index (χ0n) is 14.7. The minimum atomic E-state index is -2.69. The number of allylic oxidation sites excluding steroid dienone is 2. The summed E-state index contributed by atoms with van der Waals surface area (Å²) in [6.45, 7) is 2.65. The molecule has 0 aliphatic rings. The minimum absolute atomic E-state index is 0.0950. The third-order valence-electron chi connectivity index (χ3n) is 3.33. The monoisotopic (exact) mass is 379 g/mol. The van der Waals surface area contributed by atoms with Gasteiger partial charge in [-0.2, -0.15) is 0 Å². The molecular formula is C19H23F2N3O3. The molecule has 0 bridgehead atoms. The van der Waals surface area contributed by atoms with Crippen molar-refractivity contribution in [2.24, 2.45) is 5.73 Å². The Labute approximate surface area is 156 Å².